The molecule has 1 N–H and O–H groups in total. The van der Waals surface area contributed by atoms with Crippen LogP contribution in [0, 0.1) is 10.1 Å². The highest BCUT2D eigenvalue weighted by Gasteiger charge is 2.12. The van der Waals surface area contributed by atoms with E-state index in [1.54, 1.807) is 18.2 Å². The van der Waals surface area contributed by atoms with Crippen LogP contribution >= 0.6 is 15.9 Å². The fourth-order valence-electron chi connectivity index (χ4n) is 1.34. The molecule has 0 radical (unpaired) electrons. The van der Waals surface area contributed by atoms with Crippen LogP contribution in [-0.4, -0.2) is 9.91 Å². The monoisotopic (exact) mass is 268 g/mol. The first-order chi connectivity index (χ1) is 7.09. The van der Waals surface area contributed by atoms with Crippen molar-refractivity contribution in [3.05, 3.63) is 49.2 Å². The quantitative estimate of drug-likeness (QED) is 0.636. The van der Waals surface area contributed by atoms with Gasteiger partial charge in [0.2, 0.25) is 0 Å². The van der Waals surface area contributed by atoms with E-state index in [-0.39, 0.29) is 16.8 Å². The average Bonchev–Trinajstić information content (AvgIpc) is 2.18. The Morgan fingerprint density at radius 3 is 2.80 bits per heavy atom. The number of nitro groups is 1. The van der Waals surface area contributed by atoms with E-state index < -0.39 is 4.92 Å². The van der Waals surface area contributed by atoms with Crippen molar-refractivity contribution < 1.29 is 4.92 Å². The van der Waals surface area contributed by atoms with Crippen LogP contribution in [0.4, 0.5) is 5.69 Å². The van der Waals surface area contributed by atoms with Crippen LogP contribution in [-0.2, 0) is 0 Å². The number of nitrogens with one attached hydrogen (secondary N) is 1. The van der Waals surface area contributed by atoms with Crippen molar-refractivity contribution in [3.63, 3.8) is 0 Å². The zero-order valence-electron chi connectivity index (χ0n) is 7.36. The van der Waals surface area contributed by atoms with Crippen molar-refractivity contribution in [2.75, 3.05) is 0 Å². The van der Waals surface area contributed by atoms with Gasteiger partial charge in [0.05, 0.1) is 9.40 Å². The van der Waals surface area contributed by atoms with Gasteiger partial charge in [-0.25, -0.2) is 0 Å². The SMILES string of the molecule is O=c1[nH]c2c([N+](=O)[O-])cccc2cc1Br. The molecule has 0 saturated heterocycles. The van der Waals surface area contributed by atoms with Crippen LogP contribution in [0.2, 0.25) is 0 Å². The summed E-state index contributed by atoms with van der Waals surface area (Å²) in [5.74, 6) is 0. The first-order valence-electron chi connectivity index (χ1n) is 4.05. The lowest BCUT2D eigenvalue weighted by atomic mass is 10.2. The lowest BCUT2D eigenvalue weighted by molar-refractivity contribution is -0.383. The molecular weight excluding hydrogens is 264 g/mol. The summed E-state index contributed by atoms with van der Waals surface area (Å²) in [7, 11) is 0. The number of rotatable bonds is 1. The highest BCUT2D eigenvalue weighted by Crippen LogP contribution is 2.23. The Hall–Kier alpha value is -1.69. The van der Waals surface area contributed by atoms with Gasteiger partial charge in [0.15, 0.2) is 0 Å². The molecule has 15 heavy (non-hydrogen) atoms. The third kappa shape index (κ3) is 1.63. The van der Waals surface area contributed by atoms with Crippen molar-refractivity contribution in [1.82, 2.24) is 4.98 Å². The lowest BCUT2D eigenvalue weighted by Gasteiger charge is -1.99. The number of aromatic amines is 1. The summed E-state index contributed by atoms with van der Waals surface area (Å²) in [5, 5.41) is 11.3. The van der Waals surface area contributed by atoms with E-state index in [1.807, 2.05) is 0 Å². The Balaban J connectivity index is 2.92. The molecule has 0 amide bonds. The highest BCUT2D eigenvalue weighted by atomic mass is 79.9. The van der Waals surface area contributed by atoms with Crippen molar-refractivity contribution in [2.24, 2.45) is 0 Å². The van der Waals surface area contributed by atoms with Gasteiger partial charge in [0, 0.05) is 11.5 Å². The van der Waals surface area contributed by atoms with Crippen molar-refractivity contribution >= 4 is 32.5 Å². The van der Waals surface area contributed by atoms with E-state index >= 15 is 0 Å². The van der Waals surface area contributed by atoms with Gasteiger partial charge in [-0.1, -0.05) is 12.1 Å². The van der Waals surface area contributed by atoms with Crippen molar-refractivity contribution in [1.29, 1.82) is 0 Å². The molecule has 0 unspecified atom stereocenters. The molecule has 0 fully saturated rings. The number of H-pyrrole nitrogens is 1. The normalized spacial score (nSPS) is 10.5. The van der Waals surface area contributed by atoms with Crippen LogP contribution in [0.15, 0.2) is 33.5 Å². The number of nitrogens with zero attached hydrogens (tertiary/aromatic N) is 1. The molecule has 6 heteroatoms. The fraction of sp³-hybridized carbons (Fsp3) is 0. The van der Waals surface area contributed by atoms with Crippen LogP contribution in [0.3, 0.4) is 0 Å². The molecular formula is C9H5BrN2O3. The maximum atomic E-state index is 11.3. The second kappa shape index (κ2) is 3.47. The lowest BCUT2D eigenvalue weighted by Crippen LogP contribution is -2.07. The van der Waals surface area contributed by atoms with Crippen molar-refractivity contribution in [2.45, 2.75) is 0 Å². The van der Waals surface area contributed by atoms with E-state index in [0.717, 1.165) is 0 Å². The van der Waals surface area contributed by atoms with Gasteiger partial charge in [-0.05, 0) is 22.0 Å². The molecule has 0 aliphatic heterocycles. The third-order valence-corrected chi connectivity index (χ3v) is 2.60. The minimum atomic E-state index is -0.522. The van der Waals surface area contributed by atoms with Gasteiger partial charge in [-0.2, -0.15) is 0 Å². The van der Waals surface area contributed by atoms with Crippen LogP contribution in [0.1, 0.15) is 0 Å². The van der Waals surface area contributed by atoms with E-state index in [2.05, 4.69) is 20.9 Å². The predicted molar refractivity (Wildman–Crippen MR) is 58.9 cm³/mol. The summed E-state index contributed by atoms with van der Waals surface area (Å²) in [5.41, 5.74) is -0.232. The second-order valence-corrected chi connectivity index (χ2v) is 3.80. The molecule has 2 rings (SSSR count). The summed E-state index contributed by atoms with van der Waals surface area (Å²) in [4.78, 5) is 23.9. The Bertz CT molecular complexity index is 606. The highest BCUT2D eigenvalue weighted by molar-refractivity contribution is 9.10. The smallest absolute Gasteiger partial charge is 0.293 e. The molecule has 2 aromatic rings. The molecule has 0 bridgehead atoms. The van der Waals surface area contributed by atoms with Gasteiger partial charge < -0.3 is 4.98 Å². The summed E-state index contributed by atoms with van der Waals surface area (Å²) < 4.78 is 0.357. The summed E-state index contributed by atoms with van der Waals surface area (Å²) in [6, 6.07) is 6.18. The molecule has 1 aromatic heterocycles. The molecule has 1 aromatic carbocycles. The van der Waals surface area contributed by atoms with E-state index in [1.165, 1.54) is 6.07 Å². The summed E-state index contributed by atoms with van der Waals surface area (Å²) in [6.07, 6.45) is 0. The van der Waals surface area contributed by atoms with Gasteiger partial charge in [-0.15, -0.1) is 0 Å². The second-order valence-electron chi connectivity index (χ2n) is 2.94. The predicted octanol–water partition coefficient (Wildman–Crippen LogP) is 2.20. The Labute approximate surface area is 92.0 Å². The minimum Gasteiger partial charge on any atom is -0.315 e. The maximum Gasteiger partial charge on any atom is 0.293 e. The minimum absolute atomic E-state index is 0.0999. The van der Waals surface area contributed by atoms with Gasteiger partial charge in [-0.3, -0.25) is 14.9 Å². The zero-order chi connectivity index (χ0) is 11.0. The number of hydrogen-bond acceptors (Lipinski definition) is 3. The summed E-state index contributed by atoms with van der Waals surface area (Å²) in [6.45, 7) is 0. The number of benzene rings is 1. The van der Waals surface area contributed by atoms with Gasteiger partial charge in [0.25, 0.3) is 11.2 Å². The number of nitro benzene ring substituents is 1. The topological polar surface area (TPSA) is 76.0 Å². The Kier molecular flexibility index (Phi) is 2.28. The number of fused-ring (bicyclic) bond motifs is 1. The van der Waals surface area contributed by atoms with Crippen LogP contribution in [0.25, 0.3) is 10.9 Å². The molecule has 0 aliphatic carbocycles. The average molecular weight is 269 g/mol. The molecule has 1 heterocycles. The molecule has 5 nitrogen and oxygen atoms in total. The first kappa shape index (κ1) is 9.85. The third-order valence-electron chi connectivity index (χ3n) is 2.01. The summed E-state index contributed by atoms with van der Waals surface area (Å²) >= 11 is 3.06. The standard InChI is InChI=1S/C9H5BrN2O3/c10-6-4-5-2-1-3-7(12(14)15)8(5)11-9(6)13/h1-4H,(H,11,13). The Morgan fingerprint density at radius 2 is 2.13 bits per heavy atom. The van der Waals surface area contributed by atoms with E-state index in [4.69, 9.17) is 0 Å². The number of halogens is 1. The van der Waals surface area contributed by atoms with Crippen LogP contribution < -0.4 is 5.56 Å². The van der Waals surface area contributed by atoms with Gasteiger partial charge in [0.1, 0.15) is 5.52 Å². The number of para-hydroxylation sites is 1. The van der Waals surface area contributed by atoms with E-state index in [9.17, 15) is 14.9 Å². The molecule has 0 aliphatic rings. The number of aromatic nitrogens is 1. The molecule has 0 atom stereocenters. The molecule has 76 valence electrons. The van der Waals surface area contributed by atoms with Crippen molar-refractivity contribution in [3.8, 4) is 0 Å². The largest absolute Gasteiger partial charge is 0.315 e. The maximum absolute atomic E-state index is 11.3. The Morgan fingerprint density at radius 1 is 1.40 bits per heavy atom. The fourth-order valence-corrected chi connectivity index (χ4v) is 1.69. The van der Waals surface area contributed by atoms with Gasteiger partial charge >= 0.3 is 0 Å². The van der Waals surface area contributed by atoms with Crippen LogP contribution in [0.5, 0.6) is 0 Å². The van der Waals surface area contributed by atoms with E-state index in [0.29, 0.717) is 9.86 Å². The zero-order valence-corrected chi connectivity index (χ0v) is 8.95. The number of hydrogen-bond donors (Lipinski definition) is 1. The number of non-ortho nitro benzene ring substituents is 1. The first-order valence-corrected chi connectivity index (χ1v) is 4.85. The molecule has 0 saturated carbocycles. The number of pyridine rings is 1. The molecule has 0 spiro atoms.